The number of urea groups is 2. The summed E-state index contributed by atoms with van der Waals surface area (Å²) in [5.41, 5.74) is -0.156. The molecule has 2 aliphatic heterocycles. The second kappa shape index (κ2) is 7.12. The van der Waals surface area contributed by atoms with Crippen LogP contribution in [0.3, 0.4) is 0 Å². The normalized spacial score (nSPS) is 19.3. The summed E-state index contributed by atoms with van der Waals surface area (Å²) in [7, 11) is 0. The molecule has 3 rings (SSSR count). The Labute approximate surface area is 140 Å². The van der Waals surface area contributed by atoms with E-state index in [-0.39, 0.29) is 17.6 Å². The molecule has 1 spiro atoms. The Kier molecular flexibility index (Phi) is 4.95. The SMILES string of the molecule is O=C1NCC2(CCN(C(=O)NCCSc3ccccc3)CC2)N1. The summed E-state index contributed by atoms with van der Waals surface area (Å²) in [4.78, 5) is 26.5. The van der Waals surface area contributed by atoms with Crippen molar-refractivity contribution in [2.45, 2.75) is 23.3 Å². The maximum absolute atomic E-state index is 12.2. The van der Waals surface area contributed by atoms with E-state index >= 15 is 0 Å². The van der Waals surface area contributed by atoms with Crippen molar-refractivity contribution >= 4 is 23.8 Å². The fraction of sp³-hybridized carbons (Fsp3) is 0.500. The number of hydrogen-bond donors (Lipinski definition) is 3. The van der Waals surface area contributed by atoms with E-state index in [1.165, 1.54) is 4.90 Å². The summed E-state index contributed by atoms with van der Waals surface area (Å²) >= 11 is 1.74. The van der Waals surface area contributed by atoms with E-state index in [1.54, 1.807) is 11.8 Å². The number of carbonyl (C=O) groups is 2. The molecule has 2 heterocycles. The Hall–Kier alpha value is -1.89. The first kappa shape index (κ1) is 16.0. The molecule has 2 aliphatic rings. The Morgan fingerprint density at radius 1 is 1.26 bits per heavy atom. The first-order chi connectivity index (χ1) is 11.2. The number of benzene rings is 1. The molecule has 0 aliphatic carbocycles. The molecular weight excluding hydrogens is 312 g/mol. The summed E-state index contributed by atoms with van der Waals surface area (Å²) in [5, 5.41) is 8.77. The molecule has 0 atom stereocenters. The Morgan fingerprint density at radius 2 is 2.00 bits per heavy atom. The minimum atomic E-state index is -0.156. The summed E-state index contributed by atoms with van der Waals surface area (Å²) in [6.07, 6.45) is 1.61. The second-order valence-corrected chi connectivity index (χ2v) is 7.14. The highest BCUT2D eigenvalue weighted by Gasteiger charge is 2.41. The lowest BCUT2D eigenvalue weighted by molar-refractivity contribution is 0.156. The van der Waals surface area contributed by atoms with Crippen molar-refractivity contribution in [2.75, 3.05) is 31.9 Å². The standard InChI is InChI=1S/C16H22N4O2S/c21-14-18-12-16(19-14)6-9-20(10-7-16)15(22)17-8-11-23-13-4-2-1-3-5-13/h1-5H,6-12H2,(H,17,22)(H2,18,19,21). The van der Waals surface area contributed by atoms with Gasteiger partial charge < -0.3 is 20.9 Å². The predicted molar refractivity (Wildman–Crippen MR) is 90.6 cm³/mol. The number of likely N-dealkylation sites (tertiary alicyclic amines) is 1. The van der Waals surface area contributed by atoms with E-state index in [4.69, 9.17) is 0 Å². The molecule has 6 nitrogen and oxygen atoms in total. The average Bonchev–Trinajstić information content (AvgIpc) is 2.93. The van der Waals surface area contributed by atoms with E-state index < -0.39 is 0 Å². The van der Waals surface area contributed by atoms with Gasteiger partial charge in [0, 0.05) is 36.8 Å². The number of piperidine rings is 1. The van der Waals surface area contributed by atoms with E-state index in [2.05, 4.69) is 28.1 Å². The number of amides is 4. The molecule has 3 N–H and O–H groups in total. The van der Waals surface area contributed by atoms with Gasteiger partial charge in [-0.25, -0.2) is 9.59 Å². The highest BCUT2D eigenvalue weighted by atomic mass is 32.2. The van der Waals surface area contributed by atoms with Crippen molar-refractivity contribution in [2.24, 2.45) is 0 Å². The number of hydrogen-bond acceptors (Lipinski definition) is 3. The lowest BCUT2D eigenvalue weighted by Crippen LogP contribution is -2.55. The zero-order valence-electron chi connectivity index (χ0n) is 13.0. The molecular formula is C16H22N4O2S. The Morgan fingerprint density at radius 3 is 2.65 bits per heavy atom. The Bertz CT molecular complexity index is 558. The second-order valence-electron chi connectivity index (χ2n) is 5.97. The monoisotopic (exact) mass is 334 g/mol. The molecule has 2 saturated heterocycles. The summed E-state index contributed by atoms with van der Waals surface area (Å²) in [6.45, 7) is 2.67. The van der Waals surface area contributed by atoms with Crippen LogP contribution in [0, 0.1) is 0 Å². The van der Waals surface area contributed by atoms with Crippen LogP contribution < -0.4 is 16.0 Å². The lowest BCUT2D eigenvalue weighted by Gasteiger charge is -2.38. The topological polar surface area (TPSA) is 73.5 Å². The number of rotatable bonds is 4. The summed E-state index contributed by atoms with van der Waals surface area (Å²) in [5.74, 6) is 0.855. The van der Waals surface area contributed by atoms with Crippen molar-refractivity contribution in [1.29, 1.82) is 0 Å². The highest BCUT2D eigenvalue weighted by Crippen LogP contribution is 2.24. The molecule has 0 aromatic heterocycles. The van der Waals surface area contributed by atoms with Crippen LogP contribution in [0.15, 0.2) is 35.2 Å². The molecule has 1 aromatic carbocycles. The molecule has 23 heavy (non-hydrogen) atoms. The zero-order chi connectivity index (χ0) is 16.1. The maximum atomic E-state index is 12.2. The molecule has 4 amide bonds. The van der Waals surface area contributed by atoms with Crippen LogP contribution in [0.4, 0.5) is 9.59 Å². The zero-order valence-corrected chi connectivity index (χ0v) is 13.8. The first-order valence-electron chi connectivity index (χ1n) is 7.94. The summed E-state index contributed by atoms with van der Waals surface area (Å²) < 4.78 is 0. The molecule has 124 valence electrons. The van der Waals surface area contributed by atoms with Gasteiger partial charge in [-0.1, -0.05) is 18.2 Å². The highest BCUT2D eigenvalue weighted by molar-refractivity contribution is 7.99. The molecule has 0 bridgehead atoms. The van der Waals surface area contributed by atoms with Gasteiger partial charge in [-0.3, -0.25) is 0 Å². The van der Waals surface area contributed by atoms with Crippen molar-refractivity contribution in [3.05, 3.63) is 30.3 Å². The minimum absolute atomic E-state index is 0.00852. The van der Waals surface area contributed by atoms with Crippen LogP contribution in [0.25, 0.3) is 0 Å². The molecule has 0 saturated carbocycles. The minimum Gasteiger partial charge on any atom is -0.337 e. The first-order valence-corrected chi connectivity index (χ1v) is 8.92. The maximum Gasteiger partial charge on any atom is 0.317 e. The van der Waals surface area contributed by atoms with Crippen molar-refractivity contribution in [1.82, 2.24) is 20.9 Å². The number of nitrogens with zero attached hydrogens (tertiary/aromatic N) is 1. The van der Waals surface area contributed by atoms with Crippen LogP contribution in [0.1, 0.15) is 12.8 Å². The smallest absolute Gasteiger partial charge is 0.317 e. The van der Waals surface area contributed by atoms with Gasteiger partial charge in [0.1, 0.15) is 0 Å². The number of nitrogens with one attached hydrogen (secondary N) is 3. The lowest BCUT2D eigenvalue weighted by atomic mass is 9.89. The molecule has 0 radical (unpaired) electrons. The van der Waals surface area contributed by atoms with Gasteiger partial charge in [-0.05, 0) is 25.0 Å². The van der Waals surface area contributed by atoms with Crippen LogP contribution in [0.2, 0.25) is 0 Å². The summed E-state index contributed by atoms with van der Waals surface area (Å²) in [6, 6.07) is 10.1. The van der Waals surface area contributed by atoms with E-state index in [0.717, 1.165) is 18.6 Å². The van der Waals surface area contributed by atoms with E-state index in [0.29, 0.717) is 26.2 Å². The fourth-order valence-electron chi connectivity index (χ4n) is 2.97. The van der Waals surface area contributed by atoms with Gasteiger partial charge in [0.2, 0.25) is 0 Å². The van der Waals surface area contributed by atoms with Crippen molar-refractivity contribution in [3.63, 3.8) is 0 Å². The van der Waals surface area contributed by atoms with Gasteiger partial charge in [-0.15, -0.1) is 11.8 Å². The van der Waals surface area contributed by atoms with Gasteiger partial charge in [0.15, 0.2) is 0 Å². The van der Waals surface area contributed by atoms with Gasteiger partial charge in [0.25, 0.3) is 0 Å². The van der Waals surface area contributed by atoms with Crippen LogP contribution >= 0.6 is 11.8 Å². The predicted octanol–water partition coefficient (Wildman–Crippen LogP) is 1.64. The Balaban J connectivity index is 1.36. The van der Waals surface area contributed by atoms with Gasteiger partial charge in [-0.2, -0.15) is 0 Å². The fourth-order valence-corrected chi connectivity index (χ4v) is 3.76. The number of carbonyl (C=O) groups excluding carboxylic acids is 2. The molecule has 1 aromatic rings. The van der Waals surface area contributed by atoms with Crippen LogP contribution in [-0.4, -0.2) is 54.4 Å². The van der Waals surface area contributed by atoms with E-state index in [1.807, 2.05) is 23.1 Å². The third kappa shape index (κ3) is 4.10. The van der Waals surface area contributed by atoms with Gasteiger partial charge >= 0.3 is 12.1 Å². The van der Waals surface area contributed by atoms with Crippen LogP contribution in [0.5, 0.6) is 0 Å². The quantitative estimate of drug-likeness (QED) is 0.579. The van der Waals surface area contributed by atoms with Gasteiger partial charge in [0.05, 0.1) is 5.54 Å². The van der Waals surface area contributed by atoms with Crippen LogP contribution in [-0.2, 0) is 0 Å². The third-order valence-electron chi connectivity index (χ3n) is 4.36. The molecule has 2 fully saturated rings. The van der Waals surface area contributed by atoms with Crippen molar-refractivity contribution in [3.8, 4) is 0 Å². The molecule has 0 unspecified atom stereocenters. The number of thioether (sulfide) groups is 1. The molecule has 7 heteroatoms. The van der Waals surface area contributed by atoms with Crippen molar-refractivity contribution < 1.29 is 9.59 Å². The largest absolute Gasteiger partial charge is 0.337 e. The third-order valence-corrected chi connectivity index (χ3v) is 5.38. The van der Waals surface area contributed by atoms with E-state index in [9.17, 15) is 9.59 Å². The average molecular weight is 334 g/mol.